The summed E-state index contributed by atoms with van der Waals surface area (Å²) in [5.41, 5.74) is 6.53. The molecule has 0 amide bonds. The highest BCUT2D eigenvalue weighted by Gasteiger charge is 2.20. The number of aromatic nitrogens is 4. The second-order valence-corrected chi connectivity index (χ2v) is 4.78. The second-order valence-electron chi connectivity index (χ2n) is 4.08. The molecule has 2 N–H and O–H groups in total. The van der Waals surface area contributed by atoms with Crippen LogP contribution >= 0.6 is 23.2 Å². The summed E-state index contributed by atoms with van der Waals surface area (Å²) in [7, 11) is 0. The number of halogens is 2. The Hall–Kier alpha value is -1.40. The van der Waals surface area contributed by atoms with Crippen LogP contribution in [0.1, 0.15) is 12.8 Å². The van der Waals surface area contributed by atoms with Crippen molar-refractivity contribution in [1.29, 1.82) is 0 Å². The normalized spacial score (nSPS) is 15.6. The van der Waals surface area contributed by atoms with Crippen LogP contribution in [0.3, 0.4) is 0 Å². The monoisotopic (exact) mass is 284 g/mol. The van der Waals surface area contributed by atoms with E-state index in [0.717, 1.165) is 25.9 Å². The molecule has 94 valence electrons. The van der Waals surface area contributed by atoms with Crippen molar-refractivity contribution in [3.05, 3.63) is 10.4 Å². The van der Waals surface area contributed by atoms with Gasteiger partial charge in [0.15, 0.2) is 28.0 Å². The van der Waals surface area contributed by atoms with Gasteiger partial charge in [0.2, 0.25) is 5.28 Å². The molecule has 0 spiro atoms. The Morgan fingerprint density at radius 3 is 2.44 bits per heavy atom. The molecule has 6 nitrogen and oxygen atoms in total. The highest BCUT2D eigenvalue weighted by Crippen LogP contribution is 2.28. The third kappa shape index (κ3) is 1.91. The first kappa shape index (κ1) is 11.7. The minimum Gasteiger partial charge on any atom is -0.381 e. The minimum atomic E-state index is 0.139. The van der Waals surface area contributed by atoms with Crippen molar-refractivity contribution in [3.8, 4) is 0 Å². The number of fused-ring (bicyclic) bond motifs is 1. The van der Waals surface area contributed by atoms with Gasteiger partial charge >= 0.3 is 0 Å². The van der Waals surface area contributed by atoms with Crippen LogP contribution in [0.15, 0.2) is 0 Å². The Morgan fingerprint density at radius 1 is 1.00 bits per heavy atom. The van der Waals surface area contributed by atoms with Gasteiger partial charge in [-0.2, -0.15) is 9.97 Å². The number of hydrogen-bond donors (Lipinski definition) is 1. The van der Waals surface area contributed by atoms with E-state index in [-0.39, 0.29) is 16.3 Å². The van der Waals surface area contributed by atoms with E-state index >= 15 is 0 Å². The maximum absolute atomic E-state index is 5.90. The van der Waals surface area contributed by atoms with Gasteiger partial charge in [-0.05, 0) is 24.4 Å². The van der Waals surface area contributed by atoms with Crippen LogP contribution in [-0.4, -0.2) is 33.0 Å². The van der Waals surface area contributed by atoms with E-state index in [1.54, 1.807) is 0 Å². The van der Waals surface area contributed by atoms with E-state index < -0.39 is 0 Å². The first-order valence-corrected chi connectivity index (χ1v) is 6.32. The first-order valence-electron chi connectivity index (χ1n) is 5.56. The van der Waals surface area contributed by atoms with Crippen molar-refractivity contribution >= 4 is 46.0 Å². The van der Waals surface area contributed by atoms with Gasteiger partial charge in [0.05, 0.1) is 0 Å². The van der Waals surface area contributed by atoms with Crippen molar-refractivity contribution in [2.75, 3.05) is 23.7 Å². The lowest BCUT2D eigenvalue weighted by Crippen LogP contribution is -2.20. The third-order valence-electron chi connectivity index (χ3n) is 2.87. The van der Waals surface area contributed by atoms with Crippen molar-refractivity contribution < 1.29 is 0 Å². The van der Waals surface area contributed by atoms with Gasteiger partial charge in [0.1, 0.15) is 0 Å². The summed E-state index contributed by atoms with van der Waals surface area (Å²) < 4.78 is 0. The van der Waals surface area contributed by atoms with Crippen LogP contribution in [0.5, 0.6) is 0 Å². The molecular formula is C10H10Cl2N6. The van der Waals surface area contributed by atoms with Crippen LogP contribution in [0.25, 0.3) is 11.2 Å². The number of nitrogens with two attached hydrogens (primary N) is 1. The van der Waals surface area contributed by atoms with Gasteiger partial charge in [0.25, 0.3) is 0 Å². The maximum atomic E-state index is 5.90. The van der Waals surface area contributed by atoms with Gasteiger partial charge < -0.3 is 10.6 Å². The highest BCUT2D eigenvalue weighted by atomic mass is 35.5. The topological polar surface area (TPSA) is 80.8 Å². The minimum absolute atomic E-state index is 0.139. The predicted molar refractivity (Wildman–Crippen MR) is 71.0 cm³/mol. The van der Waals surface area contributed by atoms with Crippen molar-refractivity contribution in [2.24, 2.45) is 0 Å². The second kappa shape index (κ2) is 4.37. The molecule has 0 aliphatic carbocycles. The van der Waals surface area contributed by atoms with E-state index in [4.69, 9.17) is 28.9 Å². The zero-order valence-electron chi connectivity index (χ0n) is 9.40. The zero-order valence-corrected chi connectivity index (χ0v) is 10.9. The molecule has 1 saturated heterocycles. The molecule has 1 fully saturated rings. The predicted octanol–water partition coefficient (Wildman–Crippen LogP) is 1.91. The first-order chi connectivity index (χ1) is 8.65. The molecule has 8 heteroatoms. The molecule has 2 aromatic rings. The summed E-state index contributed by atoms with van der Waals surface area (Å²) in [5, 5.41) is 0.300. The largest absolute Gasteiger partial charge is 0.381 e. The molecule has 0 radical (unpaired) electrons. The molecule has 1 aliphatic heterocycles. The quantitative estimate of drug-likeness (QED) is 0.806. The van der Waals surface area contributed by atoms with Crippen molar-refractivity contribution in [1.82, 2.24) is 19.9 Å². The third-order valence-corrected chi connectivity index (χ3v) is 3.32. The lowest BCUT2D eigenvalue weighted by Gasteiger charge is -2.17. The molecule has 3 rings (SSSR count). The number of nitrogens with zero attached hydrogens (tertiary/aromatic N) is 5. The van der Waals surface area contributed by atoms with Gasteiger partial charge in [0, 0.05) is 13.1 Å². The fourth-order valence-electron chi connectivity index (χ4n) is 2.05. The Balaban J connectivity index is 2.25. The van der Waals surface area contributed by atoms with Crippen LogP contribution in [0.2, 0.25) is 10.4 Å². The summed E-state index contributed by atoms with van der Waals surface area (Å²) in [6.45, 7) is 1.85. The number of rotatable bonds is 1. The number of anilines is 2. The summed E-state index contributed by atoms with van der Waals surface area (Å²) >= 11 is 11.8. The van der Waals surface area contributed by atoms with E-state index in [9.17, 15) is 0 Å². The Morgan fingerprint density at radius 2 is 1.72 bits per heavy atom. The number of nitrogen functional groups attached to an aromatic ring is 1. The summed E-state index contributed by atoms with van der Waals surface area (Å²) in [6.07, 6.45) is 2.25. The van der Waals surface area contributed by atoms with Crippen LogP contribution in [0, 0.1) is 0 Å². The SMILES string of the molecule is Nc1nc2nc(Cl)nc(N3CCCC3)c2nc1Cl. The Bertz CT molecular complexity index is 611. The molecule has 3 heterocycles. The molecule has 0 unspecified atom stereocenters. The standard InChI is InChI=1S/C10H10Cl2N6/c11-6-7(13)15-8-5(14-6)9(17-10(12)16-8)18-3-1-2-4-18/h1-4H2,(H2,13,15,16,17). The van der Waals surface area contributed by atoms with Gasteiger partial charge in [-0.3, -0.25) is 0 Å². The Labute approximate surface area is 113 Å². The van der Waals surface area contributed by atoms with Gasteiger partial charge in [-0.1, -0.05) is 11.6 Å². The molecular weight excluding hydrogens is 275 g/mol. The molecule has 0 saturated carbocycles. The van der Waals surface area contributed by atoms with E-state index in [1.165, 1.54) is 0 Å². The van der Waals surface area contributed by atoms with Gasteiger partial charge in [-0.25, -0.2) is 9.97 Å². The molecule has 0 atom stereocenters. The smallest absolute Gasteiger partial charge is 0.226 e. The zero-order chi connectivity index (χ0) is 12.7. The van der Waals surface area contributed by atoms with Gasteiger partial charge in [-0.15, -0.1) is 0 Å². The molecule has 0 aromatic carbocycles. The van der Waals surface area contributed by atoms with Crippen LogP contribution in [-0.2, 0) is 0 Å². The lowest BCUT2D eigenvalue weighted by molar-refractivity contribution is 0.933. The fraction of sp³-hybridized carbons (Fsp3) is 0.400. The summed E-state index contributed by atoms with van der Waals surface area (Å²) in [5.74, 6) is 0.822. The molecule has 18 heavy (non-hydrogen) atoms. The Kier molecular flexibility index (Phi) is 2.83. The molecule has 1 aliphatic rings. The van der Waals surface area contributed by atoms with E-state index in [2.05, 4.69) is 24.8 Å². The summed E-state index contributed by atoms with van der Waals surface area (Å²) in [4.78, 5) is 18.7. The lowest BCUT2D eigenvalue weighted by atomic mass is 10.4. The average molecular weight is 285 g/mol. The fourth-order valence-corrected chi connectivity index (χ4v) is 2.34. The van der Waals surface area contributed by atoms with Crippen LogP contribution in [0.4, 0.5) is 11.6 Å². The van der Waals surface area contributed by atoms with E-state index in [0.29, 0.717) is 17.0 Å². The number of hydrogen-bond acceptors (Lipinski definition) is 6. The summed E-state index contributed by atoms with van der Waals surface area (Å²) in [6, 6.07) is 0. The molecule has 2 aromatic heterocycles. The molecule has 0 bridgehead atoms. The van der Waals surface area contributed by atoms with Crippen LogP contribution < -0.4 is 10.6 Å². The van der Waals surface area contributed by atoms with Crippen molar-refractivity contribution in [3.63, 3.8) is 0 Å². The van der Waals surface area contributed by atoms with E-state index in [1.807, 2.05) is 0 Å². The highest BCUT2D eigenvalue weighted by molar-refractivity contribution is 6.32. The average Bonchev–Trinajstić information content (AvgIpc) is 2.84. The van der Waals surface area contributed by atoms with Crippen molar-refractivity contribution in [2.45, 2.75) is 12.8 Å². The maximum Gasteiger partial charge on any atom is 0.226 e.